The third kappa shape index (κ3) is 4.43. The highest BCUT2D eigenvalue weighted by molar-refractivity contribution is 7.09. The van der Waals surface area contributed by atoms with Crippen molar-refractivity contribution < 1.29 is 4.74 Å². The molecule has 1 unspecified atom stereocenters. The average Bonchev–Trinajstić information content (AvgIpc) is 3.24. The SMILES string of the molecule is COCCNc1nc(CN2CCCCC2c2nccs2)nc2ccc(Cl)cc12. The number of halogens is 1. The number of nitrogens with zero attached hydrogens (tertiary/aromatic N) is 4. The molecule has 28 heavy (non-hydrogen) atoms. The van der Waals surface area contributed by atoms with Crippen molar-refractivity contribution in [2.75, 3.05) is 32.1 Å². The van der Waals surface area contributed by atoms with E-state index in [0.717, 1.165) is 35.5 Å². The molecule has 3 aromatic rings. The Morgan fingerprint density at radius 2 is 2.25 bits per heavy atom. The predicted octanol–water partition coefficient (Wildman–Crippen LogP) is 4.53. The lowest BCUT2D eigenvalue weighted by molar-refractivity contribution is 0.137. The molecule has 4 rings (SSSR count). The number of nitrogens with one attached hydrogen (secondary N) is 1. The second-order valence-electron chi connectivity index (χ2n) is 6.92. The highest BCUT2D eigenvalue weighted by Crippen LogP contribution is 2.33. The summed E-state index contributed by atoms with van der Waals surface area (Å²) in [5, 5.41) is 8.22. The number of ether oxygens (including phenoxy) is 1. The van der Waals surface area contributed by atoms with Crippen molar-refractivity contribution in [2.45, 2.75) is 31.8 Å². The van der Waals surface area contributed by atoms with Crippen LogP contribution in [-0.2, 0) is 11.3 Å². The molecule has 0 bridgehead atoms. The summed E-state index contributed by atoms with van der Waals surface area (Å²) in [6.45, 7) is 3.04. The molecule has 0 saturated carbocycles. The fourth-order valence-electron chi connectivity index (χ4n) is 3.67. The van der Waals surface area contributed by atoms with Crippen LogP contribution in [0.2, 0.25) is 5.02 Å². The zero-order chi connectivity index (χ0) is 19.3. The van der Waals surface area contributed by atoms with Gasteiger partial charge in [0.25, 0.3) is 0 Å². The number of hydrogen-bond donors (Lipinski definition) is 1. The van der Waals surface area contributed by atoms with Gasteiger partial charge in [0.15, 0.2) is 0 Å². The van der Waals surface area contributed by atoms with Gasteiger partial charge in [0.05, 0.1) is 24.7 Å². The Kier molecular flexibility index (Phi) is 6.36. The van der Waals surface area contributed by atoms with Crippen molar-refractivity contribution in [1.29, 1.82) is 0 Å². The smallest absolute Gasteiger partial charge is 0.145 e. The van der Waals surface area contributed by atoms with Gasteiger partial charge in [-0.15, -0.1) is 11.3 Å². The summed E-state index contributed by atoms with van der Waals surface area (Å²) < 4.78 is 5.16. The summed E-state index contributed by atoms with van der Waals surface area (Å²) in [6.07, 6.45) is 5.46. The highest BCUT2D eigenvalue weighted by atomic mass is 35.5. The Morgan fingerprint density at radius 1 is 1.32 bits per heavy atom. The first kappa shape index (κ1) is 19.5. The van der Waals surface area contributed by atoms with Crippen molar-refractivity contribution in [3.63, 3.8) is 0 Å². The minimum absolute atomic E-state index is 0.350. The second kappa shape index (κ2) is 9.13. The fourth-order valence-corrected chi connectivity index (χ4v) is 4.65. The number of benzene rings is 1. The van der Waals surface area contributed by atoms with E-state index in [0.29, 0.717) is 30.8 Å². The Balaban J connectivity index is 1.63. The van der Waals surface area contributed by atoms with Gasteiger partial charge in [-0.05, 0) is 37.6 Å². The van der Waals surface area contributed by atoms with E-state index in [4.69, 9.17) is 26.3 Å². The molecule has 1 fully saturated rings. The number of hydrogen-bond acceptors (Lipinski definition) is 7. The average molecular weight is 418 g/mol. The quantitative estimate of drug-likeness (QED) is 0.570. The van der Waals surface area contributed by atoms with Crippen LogP contribution in [0, 0.1) is 0 Å². The van der Waals surface area contributed by atoms with Gasteiger partial charge in [0, 0.05) is 35.6 Å². The van der Waals surface area contributed by atoms with E-state index < -0.39 is 0 Å². The van der Waals surface area contributed by atoms with E-state index in [1.165, 1.54) is 17.8 Å². The van der Waals surface area contributed by atoms with Gasteiger partial charge in [-0.1, -0.05) is 18.0 Å². The number of piperidine rings is 1. The van der Waals surface area contributed by atoms with Crippen molar-refractivity contribution in [2.24, 2.45) is 0 Å². The topological polar surface area (TPSA) is 63.2 Å². The van der Waals surface area contributed by atoms with Crippen molar-refractivity contribution >= 4 is 39.7 Å². The molecule has 1 aromatic carbocycles. The number of thiazole rings is 1. The molecule has 0 spiro atoms. The molecular formula is C20H24ClN5OS. The number of rotatable bonds is 7. The number of fused-ring (bicyclic) bond motifs is 1. The monoisotopic (exact) mass is 417 g/mol. The Morgan fingerprint density at radius 3 is 3.07 bits per heavy atom. The Hall–Kier alpha value is -1.80. The summed E-state index contributed by atoms with van der Waals surface area (Å²) in [4.78, 5) is 16.7. The third-order valence-electron chi connectivity index (χ3n) is 5.00. The Labute approximate surface area is 173 Å². The lowest BCUT2D eigenvalue weighted by atomic mass is 10.0. The first-order chi connectivity index (χ1) is 13.7. The lowest BCUT2D eigenvalue weighted by Gasteiger charge is -2.34. The summed E-state index contributed by atoms with van der Waals surface area (Å²) in [6, 6.07) is 6.09. The number of likely N-dealkylation sites (tertiary alicyclic amines) is 1. The molecule has 0 aliphatic carbocycles. The van der Waals surface area contributed by atoms with Crippen LogP contribution in [0.3, 0.4) is 0 Å². The summed E-state index contributed by atoms with van der Waals surface area (Å²) in [7, 11) is 1.69. The first-order valence-electron chi connectivity index (χ1n) is 9.57. The Bertz CT molecular complexity index is 920. The van der Waals surface area contributed by atoms with Crippen molar-refractivity contribution in [3.8, 4) is 0 Å². The van der Waals surface area contributed by atoms with E-state index in [9.17, 15) is 0 Å². The second-order valence-corrected chi connectivity index (χ2v) is 8.28. The molecule has 1 aliphatic heterocycles. The van der Waals surface area contributed by atoms with Crippen LogP contribution in [-0.4, -0.2) is 46.7 Å². The predicted molar refractivity (Wildman–Crippen MR) is 114 cm³/mol. The first-order valence-corrected chi connectivity index (χ1v) is 10.8. The molecule has 1 aliphatic rings. The minimum atomic E-state index is 0.350. The molecule has 3 heterocycles. The van der Waals surface area contributed by atoms with Crippen molar-refractivity contribution in [3.05, 3.63) is 45.6 Å². The van der Waals surface area contributed by atoms with E-state index in [2.05, 4.69) is 20.6 Å². The minimum Gasteiger partial charge on any atom is -0.383 e. The molecule has 148 valence electrons. The molecular weight excluding hydrogens is 394 g/mol. The maximum absolute atomic E-state index is 6.20. The molecule has 1 atom stereocenters. The highest BCUT2D eigenvalue weighted by Gasteiger charge is 2.26. The van der Waals surface area contributed by atoms with E-state index in [1.54, 1.807) is 18.4 Å². The van der Waals surface area contributed by atoms with Crippen LogP contribution in [0.5, 0.6) is 0 Å². The number of methoxy groups -OCH3 is 1. The summed E-state index contributed by atoms with van der Waals surface area (Å²) >= 11 is 7.93. The largest absolute Gasteiger partial charge is 0.383 e. The zero-order valence-electron chi connectivity index (χ0n) is 15.9. The van der Waals surface area contributed by atoms with Gasteiger partial charge in [0.1, 0.15) is 16.6 Å². The maximum atomic E-state index is 6.20. The standard InChI is InChI=1S/C20H24ClN5OS/c1-27-10-7-22-19-15-12-14(21)5-6-16(15)24-18(25-19)13-26-9-3-2-4-17(26)20-23-8-11-28-20/h5-6,8,11-12,17H,2-4,7,9-10,13H2,1H3,(H,22,24,25). The molecule has 6 nitrogen and oxygen atoms in total. The van der Waals surface area contributed by atoms with Crippen LogP contribution in [0.25, 0.3) is 10.9 Å². The van der Waals surface area contributed by atoms with Crippen molar-refractivity contribution in [1.82, 2.24) is 19.9 Å². The van der Waals surface area contributed by atoms with Crippen LogP contribution in [0.15, 0.2) is 29.8 Å². The lowest BCUT2D eigenvalue weighted by Crippen LogP contribution is -2.33. The summed E-state index contributed by atoms with van der Waals surface area (Å²) in [5.41, 5.74) is 0.900. The molecule has 0 radical (unpaired) electrons. The van der Waals surface area contributed by atoms with E-state index >= 15 is 0 Å². The molecule has 1 N–H and O–H groups in total. The van der Waals surface area contributed by atoms with Crippen LogP contribution >= 0.6 is 22.9 Å². The van der Waals surface area contributed by atoms with Gasteiger partial charge >= 0.3 is 0 Å². The normalized spacial score (nSPS) is 17.9. The number of anilines is 1. The summed E-state index contributed by atoms with van der Waals surface area (Å²) in [5.74, 6) is 1.63. The van der Waals surface area contributed by atoms with Crippen LogP contribution in [0.4, 0.5) is 5.82 Å². The molecule has 8 heteroatoms. The van der Waals surface area contributed by atoms with Gasteiger partial charge in [-0.3, -0.25) is 4.90 Å². The van der Waals surface area contributed by atoms with E-state index in [1.807, 2.05) is 24.4 Å². The van der Waals surface area contributed by atoms with Gasteiger partial charge in [-0.25, -0.2) is 15.0 Å². The van der Waals surface area contributed by atoms with Gasteiger partial charge < -0.3 is 10.1 Å². The molecule has 1 saturated heterocycles. The third-order valence-corrected chi connectivity index (χ3v) is 6.11. The van der Waals surface area contributed by atoms with E-state index in [-0.39, 0.29) is 0 Å². The van der Waals surface area contributed by atoms with Crippen LogP contribution in [0.1, 0.15) is 36.1 Å². The molecule has 0 amide bonds. The van der Waals surface area contributed by atoms with Gasteiger partial charge in [0.2, 0.25) is 0 Å². The van der Waals surface area contributed by atoms with Crippen LogP contribution < -0.4 is 5.32 Å². The molecule has 2 aromatic heterocycles. The van der Waals surface area contributed by atoms with Gasteiger partial charge in [-0.2, -0.15) is 0 Å². The fraction of sp³-hybridized carbons (Fsp3) is 0.450. The maximum Gasteiger partial charge on any atom is 0.145 e. The number of aromatic nitrogens is 3. The zero-order valence-corrected chi connectivity index (χ0v) is 17.5.